The molecule has 1 rings (SSSR count). The van der Waals surface area contributed by atoms with E-state index >= 15 is 0 Å². The number of carboxylic acid groups (broad SMARTS) is 1. The van der Waals surface area contributed by atoms with E-state index in [-0.39, 0.29) is 5.56 Å². The summed E-state index contributed by atoms with van der Waals surface area (Å²) in [6.45, 7) is 3.52. The molecule has 88 valence electrons. The molecule has 2 N–H and O–H groups in total. The maximum Gasteiger partial charge on any atom is 0.337 e. The molecule has 16 heavy (non-hydrogen) atoms. The Hall–Kier alpha value is -1.07. The van der Waals surface area contributed by atoms with Crippen LogP contribution in [0.5, 0.6) is 0 Å². The van der Waals surface area contributed by atoms with Gasteiger partial charge in [0.05, 0.1) is 16.2 Å². The largest absolute Gasteiger partial charge is 0.478 e. The van der Waals surface area contributed by atoms with Gasteiger partial charge in [-0.25, -0.2) is 9.78 Å². The summed E-state index contributed by atoms with van der Waals surface area (Å²) in [6.07, 6.45) is 2.01. The Morgan fingerprint density at radius 3 is 2.62 bits per heavy atom. The zero-order valence-corrected chi connectivity index (χ0v) is 10.1. The molecular formula is C11H15NO3S. The number of carbonyl (C=O) groups is 1. The van der Waals surface area contributed by atoms with Gasteiger partial charge in [0, 0.05) is 11.9 Å². The number of carboxylic acids is 1. The van der Waals surface area contributed by atoms with E-state index in [2.05, 4.69) is 4.98 Å². The minimum absolute atomic E-state index is 0.187. The van der Waals surface area contributed by atoms with E-state index in [1.54, 1.807) is 19.9 Å². The summed E-state index contributed by atoms with van der Waals surface area (Å²) in [5, 5.41) is 19.0. The normalized spacial score (nSPS) is 11.4. The van der Waals surface area contributed by atoms with Gasteiger partial charge in [0.25, 0.3) is 0 Å². The first-order chi connectivity index (χ1) is 7.38. The molecule has 0 aromatic carbocycles. The van der Waals surface area contributed by atoms with Crippen LogP contribution in [0, 0.1) is 0 Å². The minimum Gasteiger partial charge on any atom is -0.478 e. The Morgan fingerprint density at radius 2 is 2.19 bits per heavy atom. The number of aliphatic hydroxyl groups is 1. The Kier molecular flexibility index (Phi) is 4.32. The summed E-state index contributed by atoms with van der Waals surface area (Å²) < 4.78 is 0. The van der Waals surface area contributed by atoms with Crippen LogP contribution in [0.4, 0.5) is 0 Å². The van der Waals surface area contributed by atoms with Crippen molar-refractivity contribution in [2.45, 2.75) is 30.9 Å². The first kappa shape index (κ1) is 13.0. The van der Waals surface area contributed by atoms with Crippen molar-refractivity contribution in [1.29, 1.82) is 0 Å². The molecule has 0 unspecified atom stereocenters. The van der Waals surface area contributed by atoms with Crippen LogP contribution in [0.1, 0.15) is 30.6 Å². The van der Waals surface area contributed by atoms with Crippen LogP contribution in [-0.4, -0.2) is 32.5 Å². The van der Waals surface area contributed by atoms with Crippen molar-refractivity contribution in [2.75, 3.05) is 5.75 Å². The van der Waals surface area contributed by atoms with E-state index in [0.717, 1.165) is 10.8 Å². The van der Waals surface area contributed by atoms with Gasteiger partial charge in [-0.3, -0.25) is 0 Å². The Balaban J connectivity index is 2.47. The number of thioether (sulfide) groups is 1. The van der Waals surface area contributed by atoms with E-state index in [1.165, 1.54) is 24.0 Å². The van der Waals surface area contributed by atoms with Crippen molar-refractivity contribution in [3.63, 3.8) is 0 Å². The van der Waals surface area contributed by atoms with Gasteiger partial charge in [0.2, 0.25) is 0 Å². The molecule has 4 nitrogen and oxygen atoms in total. The molecule has 0 atom stereocenters. The molecule has 0 saturated heterocycles. The Bertz CT molecular complexity index is 356. The van der Waals surface area contributed by atoms with Crippen LogP contribution in [-0.2, 0) is 0 Å². The number of hydrogen-bond acceptors (Lipinski definition) is 4. The molecule has 0 aliphatic carbocycles. The van der Waals surface area contributed by atoms with E-state index in [0.29, 0.717) is 6.42 Å². The lowest BCUT2D eigenvalue weighted by molar-refractivity contribution is 0.0695. The average molecular weight is 241 g/mol. The molecule has 1 aromatic heterocycles. The quantitative estimate of drug-likeness (QED) is 0.772. The lowest BCUT2D eigenvalue weighted by atomic mass is 10.1. The molecular weight excluding hydrogens is 226 g/mol. The highest BCUT2D eigenvalue weighted by Crippen LogP contribution is 2.19. The van der Waals surface area contributed by atoms with Crippen LogP contribution in [0.15, 0.2) is 23.4 Å². The van der Waals surface area contributed by atoms with Gasteiger partial charge in [0.15, 0.2) is 0 Å². The maximum atomic E-state index is 10.6. The first-order valence-corrected chi connectivity index (χ1v) is 5.91. The minimum atomic E-state index is -0.972. The molecule has 5 heteroatoms. The van der Waals surface area contributed by atoms with Crippen LogP contribution >= 0.6 is 11.8 Å². The molecule has 0 bridgehead atoms. The fourth-order valence-corrected chi connectivity index (χ4v) is 2.10. The van der Waals surface area contributed by atoms with Gasteiger partial charge in [0.1, 0.15) is 0 Å². The van der Waals surface area contributed by atoms with Crippen molar-refractivity contribution in [1.82, 2.24) is 4.98 Å². The average Bonchev–Trinajstić information content (AvgIpc) is 2.16. The number of nitrogens with zero attached hydrogens (tertiary/aromatic N) is 1. The van der Waals surface area contributed by atoms with Gasteiger partial charge in [-0.1, -0.05) is 0 Å². The van der Waals surface area contributed by atoms with Crippen LogP contribution in [0.3, 0.4) is 0 Å². The second kappa shape index (κ2) is 5.32. The van der Waals surface area contributed by atoms with Crippen molar-refractivity contribution in [2.24, 2.45) is 0 Å². The first-order valence-electron chi connectivity index (χ1n) is 4.93. The fraction of sp³-hybridized carbons (Fsp3) is 0.455. The molecule has 0 aliphatic heterocycles. The Labute approximate surface area is 98.7 Å². The van der Waals surface area contributed by atoms with Crippen molar-refractivity contribution in [3.8, 4) is 0 Å². The molecule has 0 fully saturated rings. The standard InChI is InChI=1S/C11H15NO3S/c1-11(2,15)5-6-16-9-4-3-8(7-12-9)10(13)14/h3-4,7,15H,5-6H2,1-2H3,(H,13,14). The third-order valence-corrected chi connectivity index (χ3v) is 2.89. The predicted molar refractivity (Wildman–Crippen MR) is 62.8 cm³/mol. The number of aromatic carboxylic acids is 1. The van der Waals surface area contributed by atoms with Gasteiger partial charge in [-0.2, -0.15) is 0 Å². The number of rotatable bonds is 5. The summed E-state index contributed by atoms with van der Waals surface area (Å²) in [4.78, 5) is 14.6. The van der Waals surface area contributed by atoms with E-state index in [1.807, 2.05) is 0 Å². The van der Waals surface area contributed by atoms with Gasteiger partial charge < -0.3 is 10.2 Å². The zero-order chi connectivity index (χ0) is 12.2. The fourth-order valence-electron chi connectivity index (χ4n) is 0.998. The topological polar surface area (TPSA) is 70.4 Å². The second-order valence-electron chi connectivity index (χ2n) is 4.10. The molecule has 1 aromatic rings. The third-order valence-electron chi connectivity index (χ3n) is 1.95. The highest BCUT2D eigenvalue weighted by Gasteiger charge is 2.12. The number of hydrogen-bond donors (Lipinski definition) is 2. The van der Waals surface area contributed by atoms with E-state index < -0.39 is 11.6 Å². The SMILES string of the molecule is CC(C)(O)CCSc1ccc(C(=O)O)cn1. The number of pyridine rings is 1. The molecule has 0 saturated carbocycles. The summed E-state index contributed by atoms with van der Waals surface area (Å²) in [6, 6.07) is 3.21. The van der Waals surface area contributed by atoms with Crippen molar-refractivity contribution < 1.29 is 15.0 Å². The molecule has 0 amide bonds. The van der Waals surface area contributed by atoms with E-state index in [9.17, 15) is 9.90 Å². The van der Waals surface area contributed by atoms with Gasteiger partial charge in [-0.05, 0) is 32.4 Å². The molecule has 0 radical (unpaired) electrons. The lowest BCUT2D eigenvalue weighted by Crippen LogP contribution is -2.19. The highest BCUT2D eigenvalue weighted by molar-refractivity contribution is 7.99. The summed E-state index contributed by atoms with van der Waals surface area (Å²) in [5.41, 5.74) is -0.486. The van der Waals surface area contributed by atoms with Crippen LogP contribution < -0.4 is 0 Å². The maximum absolute atomic E-state index is 10.6. The van der Waals surface area contributed by atoms with Gasteiger partial charge in [-0.15, -0.1) is 11.8 Å². The molecule has 1 heterocycles. The van der Waals surface area contributed by atoms with Gasteiger partial charge >= 0.3 is 5.97 Å². The van der Waals surface area contributed by atoms with E-state index in [4.69, 9.17) is 5.11 Å². The monoisotopic (exact) mass is 241 g/mol. The Morgan fingerprint density at radius 1 is 1.50 bits per heavy atom. The van der Waals surface area contributed by atoms with Crippen LogP contribution in [0.25, 0.3) is 0 Å². The number of aromatic nitrogens is 1. The van der Waals surface area contributed by atoms with Crippen molar-refractivity contribution >= 4 is 17.7 Å². The third kappa shape index (κ3) is 4.63. The summed E-state index contributed by atoms with van der Waals surface area (Å²) in [7, 11) is 0. The van der Waals surface area contributed by atoms with Crippen LogP contribution in [0.2, 0.25) is 0 Å². The second-order valence-corrected chi connectivity index (χ2v) is 5.22. The summed E-state index contributed by atoms with van der Waals surface area (Å²) in [5.74, 6) is -0.219. The highest BCUT2D eigenvalue weighted by atomic mass is 32.2. The summed E-state index contributed by atoms with van der Waals surface area (Å²) >= 11 is 1.50. The smallest absolute Gasteiger partial charge is 0.337 e. The molecule has 0 spiro atoms. The molecule has 0 aliphatic rings. The lowest BCUT2D eigenvalue weighted by Gasteiger charge is -2.15. The van der Waals surface area contributed by atoms with Crippen molar-refractivity contribution in [3.05, 3.63) is 23.9 Å². The predicted octanol–water partition coefficient (Wildman–Crippen LogP) is 2.03. The zero-order valence-electron chi connectivity index (χ0n) is 9.30.